The van der Waals surface area contributed by atoms with Gasteiger partial charge in [-0.1, -0.05) is 18.2 Å². The van der Waals surface area contributed by atoms with E-state index in [2.05, 4.69) is 0 Å². The molecule has 4 nitrogen and oxygen atoms in total. The Balaban J connectivity index is 2.48. The van der Waals surface area contributed by atoms with E-state index in [0.717, 1.165) is 18.4 Å². The molecule has 0 amide bonds. The molecule has 1 aliphatic rings. The lowest BCUT2D eigenvalue weighted by Crippen LogP contribution is -2.18. The molecule has 0 aromatic heterocycles. The van der Waals surface area contributed by atoms with Gasteiger partial charge in [-0.2, -0.15) is 0 Å². The lowest BCUT2D eigenvalue weighted by atomic mass is 9.88. The second kappa shape index (κ2) is 3.99. The van der Waals surface area contributed by atoms with Crippen LogP contribution in [0.4, 0.5) is 0 Å². The van der Waals surface area contributed by atoms with Crippen LogP contribution in [0, 0.1) is 0 Å². The molecular formula is C11H13NO3S. The molecule has 5 heteroatoms. The first-order valence-corrected chi connectivity index (χ1v) is 6.83. The van der Waals surface area contributed by atoms with Crippen molar-refractivity contribution in [1.82, 2.24) is 0 Å². The number of sulfonamides is 1. The van der Waals surface area contributed by atoms with Crippen LogP contribution in [-0.4, -0.2) is 14.2 Å². The standard InChI is InChI=1S/C11H13NO3S/c12-16(14,15)7-8-3-1-5-10-9(8)4-2-6-11(10)13/h1,3,5H,2,4,6-7H2,(H2,12,14,15). The Labute approximate surface area is 94.5 Å². The zero-order valence-electron chi connectivity index (χ0n) is 8.77. The van der Waals surface area contributed by atoms with Gasteiger partial charge in [-0.05, 0) is 24.0 Å². The minimum absolute atomic E-state index is 0.0949. The number of Topliss-reactive ketones (excluding diaryl/α,β-unsaturated/α-hetero) is 1. The molecule has 0 bridgehead atoms. The summed E-state index contributed by atoms with van der Waals surface area (Å²) in [5.74, 6) is -0.0961. The number of carbonyl (C=O) groups is 1. The number of nitrogens with two attached hydrogens (primary N) is 1. The third kappa shape index (κ3) is 2.31. The lowest BCUT2D eigenvalue weighted by molar-refractivity contribution is 0.0972. The van der Waals surface area contributed by atoms with Crippen molar-refractivity contribution in [2.75, 3.05) is 0 Å². The number of benzene rings is 1. The number of carbonyl (C=O) groups excluding carboxylic acids is 1. The first-order chi connectivity index (χ1) is 7.47. The predicted molar refractivity (Wildman–Crippen MR) is 60.5 cm³/mol. The van der Waals surface area contributed by atoms with Crippen molar-refractivity contribution in [2.45, 2.75) is 25.0 Å². The van der Waals surface area contributed by atoms with E-state index < -0.39 is 10.0 Å². The molecule has 0 heterocycles. The molecule has 0 fully saturated rings. The van der Waals surface area contributed by atoms with E-state index in [1.54, 1.807) is 18.2 Å². The molecule has 0 atom stereocenters. The van der Waals surface area contributed by atoms with Gasteiger partial charge in [-0.15, -0.1) is 0 Å². The average molecular weight is 239 g/mol. The van der Waals surface area contributed by atoms with Crippen LogP contribution in [0.25, 0.3) is 0 Å². The van der Waals surface area contributed by atoms with Crippen LogP contribution in [0.3, 0.4) is 0 Å². The third-order valence-electron chi connectivity index (χ3n) is 2.76. The number of hydrogen-bond donors (Lipinski definition) is 1. The molecule has 0 spiro atoms. The number of ketones is 1. The van der Waals surface area contributed by atoms with E-state index in [4.69, 9.17) is 5.14 Å². The maximum atomic E-state index is 11.6. The van der Waals surface area contributed by atoms with Crippen molar-refractivity contribution >= 4 is 15.8 Å². The summed E-state index contributed by atoms with van der Waals surface area (Å²) in [6, 6.07) is 5.19. The second-order valence-electron chi connectivity index (χ2n) is 4.03. The summed E-state index contributed by atoms with van der Waals surface area (Å²) >= 11 is 0. The Morgan fingerprint density at radius 2 is 2.00 bits per heavy atom. The lowest BCUT2D eigenvalue weighted by Gasteiger charge is -2.17. The Morgan fingerprint density at radius 1 is 1.25 bits per heavy atom. The Morgan fingerprint density at radius 3 is 2.69 bits per heavy atom. The molecule has 0 saturated carbocycles. The Hall–Kier alpha value is -1.20. The van der Waals surface area contributed by atoms with Crippen LogP contribution < -0.4 is 5.14 Å². The molecule has 16 heavy (non-hydrogen) atoms. The molecule has 1 aliphatic carbocycles. The van der Waals surface area contributed by atoms with E-state index in [1.807, 2.05) is 0 Å². The number of primary sulfonamides is 1. The highest BCUT2D eigenvalue weighted by atomic mass is 32.2. The summed E-state index contributed by atoms with van der Waals surface area (Å²) in [6.07, 6.45) is 2.09. The topological polar surface area (TPSA) is 77.2 Å². The van der Waals surface area contributed by atoms with Crippen molar-refractivity contribution in [2.24, 2.45) is 5.14 Å². The molecule has 0 saturated heterocycles. The van der Waals surface area contributed by atoms with E-state index in [1.165, 1.54) is 0 Å². The van der Waals surface area contributed by atoms with Crippen molar-refractivity contribution in [3.63, 3.8) is 0 Å². The fourth-order valence-electron chi connectivity index (χ4n) is 2.10. The average Bonchev–Trinajstić information content (AvgIpc) is 2.17. The summed E-state index contributed by atoms with van der Waals surface area (Å²) in [5.41, 5.74) is 2.17. The third-order valence-corrected chi connectivity index (χ3v) is 3.47. The second-order valence-corrected chi connectivity index (χ2v) is 5.64. The van der Waals surface area contributed by atoms with Gasteiger partial charge in [0.05, 0.1) is 5.75 Å². The van der Waals surface area contributed by atoms with Crippen LogP contribution in [0.1, 0.15) is 34.3 Å². The number of fused-ring (bicyclic) bond motifs is 1. The minimum atomic E-state index is -3.54. The van der Waals surface area contributed by atoms with Gasteiger partial charge < -0.3 is 0 Å². The van der Waals surface area contributed by atoms with Gasteiger partial charge in [-0.3, -0.25) is 4.79 Å². The Kier molecular flexibility index (Phi) is 2.82. The van der Waals surface area contributed by atoms with Gasteiger partial charge in [-0.25, -0.2) is 13.6 Å². The van der Waals surface area contributed by atoms with E-state index in [9.17, 15) is 13.2 Å². The van der Waals surface area contributed by atoms with Crippen LogP contribution >= 0.6 is 0 Å². The summed E-state index contributed by atoms with van der Waals surface area (Å²) in [7, 11) is -3.54. The van der Waals surface area contributed by atoms with Gasteiger partial charge in [0.25, 0.3) is 0 Å². The zero-order valence-corrected chi connectivity index (χ0v) is 9.59. The molecule has 0 radical (unpaired) electrons. The van der Waals surface area contributed by atoms with Crippen LogP contribution in [0.15, 0.2) is 18.2 Å². The molecular weight excluding hydrogens is 226 g/mol. The van der Waals surface area contributed by atoms with Gasteiger partial charge >= 0.3 is 0 Å². The highest BCUT2D eigenvalue weighted by Gasteiger charge is 2.20. The number of hydrogen-bond acceptors (Lipinski definition) is 3. The van der Waals surface area contributed by atoms with Crippen LogP contribution in [0.5, 0.6) is 0 Å². The zero-order chi connectivity index (χ0) is 11.8. The molecule has 1 aromatic rings. The molecule has 2 N–H and O–H groups in total. The number of rotatable bonds is 2. The first kappa shape index (κ1) is 11.3. The Bertz CT molecular complexity index is 534. The molecule has 1 aromatic carbocycles. The normalized spacial score (nSPS) is 15.9. The molecule has 86 valence electrons. The van der Waals surface area contributed by atoms with Gasteiger partial charge in [0.1, 0.15) is 0 Å². The highest BCUT2D eigenvalue weighted by molar-refractivity contribution is 7.88. The largest absolute Gasteiger partial charge is 0.294 e. The summed E-state index contributed by atoms with van der Waals surface area (Å²) in [6.45, 7) is 0. The molecule has 0 aliphatic heterocycles. The van der Waals surface area contributed by atoms with E-state index in [-0.39, 0.29) is 11.5 Å². The van der Waals surface area contributed by atoms with Crippen LogP contribution in [0.2, 0.25) is 0 Å². The monoisotopic (exact) mass is 239 g/mol. The van der Waals surface area contributed by atoms with E-state index >= 15 is 0 Å². The quantitative estimate of drug-likeness (QED) is 0.836. The predicted octanol–water partition coefficient (Wildman–Crippen LogP) is 0.994. The SMILES string of the molecule is NS(=O)(=O)Cc1cccc2c1CCCC2=O. The van der Waals surface area contributed by atoms with Crippen molar-refractivity contribution in [3.8, 4) is 0 Å². The maximum absolute atomic E-state index is 11.6. The summed E-state index contributed by atoms with van der Waals surface area (Å²) in [5, 5.41) is 5.02. The van der Waals surface area contributed by atoms with Crippen molar-refractivity contribution < 1.29 is 13.2 Å². The molecule has 0 unspecified atom stereocenters. The van der Waals surface area contributed by atoms with Gasteiger partial charge in [0, 0.05) is 12.0 Å². The van der Waals surface area contributed by atoms with Crippen molar-refractivity contribution in [1.29, 1.82) is 0 Å². The van der Waals surface area contributed by atoms with Crippen molar-refractivity contribution in [3.05, 3.63) is 34.9 Å². The highest BCUT2D eigenvalue weighted by Crippen LogP contribution is 2.25. The fourth-order valence-corrected chi connectivity index (χ4v) is 2.81. The van der Waals surface area contributed by atoms with Gasteiger partial charge in [0.2, 0.25) is 10.0 Å². The maximum Gasteiger partial charge on any atom is 0.213 e. The summed E-state index contributed by atoms with van der Waals surface area (Å²) in [4.78, 5) is 11.6. The summed E-state index contributed by atoms with van der Waals surface area (Å²) < 4.78 is 22.1. The van der Waals surface area contributed by atoms with E-state index in [0.29, 0.717) is 17.5 Å². The first-order valence-electron chi connectivity index (χ1n) is 5.12. The minimum Gasteiger partial charge on any atom is -0.294 e. The van der Waals surface area contributed by atoms with Gasteiger partial charge in [0.15, 0.2) is 5.78 Å². The fraction of sp³-hybridized carbons (Fsp3) is 0.364. The molecule has 2 rings (SSSR count). The van der Waals surface area contributed by atoms with Crippen LogP contribution in [-0.2, 0) is 22.2 Å². The smallest absolute Gasteiger partial charge is 0.213 e.